The molecule has 0 bridgehead atoms. The summed E-state index contributed by atoms with van der Waals surface area (Å²) in [6.07, 6.45) is 7.83. The molecule has 0 atom stereocenters. The molecule has 0 N–H and O–H groups in total. The summed E-state index contributed by atoms with van der Waals surface area (Å²) >= 11 is 0.523. The fourth-order valence-corrected chi connectivity index (χ4v) is 1.80. The van der Waals surface area contributed by atoms with Crippen molar-refractivity contribution in [1.82, 2.24) is 0 Å². The largest absolute Gasteiger partial charge is 0.0623 e. The van der Waals surface area contributed by atoms with Gasteiger partial charge < -0.3 is 0 Å². The molecule has 0 nitrogen and oxygen atoms in total. The Morgan fingerprint density at radius 3 is 1.77 bits per heavy atom. The van der Waals surface area contributed by atoms with Crippen LogP contribution in [0, 0.1) is 0 Å². The van der Waals surface area contributed by atoms with E-state index in [2.05, 4.69) is 23.9 Å². The van der Waals surface area contributed by atoms with E-state index in [9.17, 15) is 0 Å². The van der Waals surface area contributed by atoms with Crippen LogP contribution >= 0.6 is 0 Å². The van der Waals surface area contributed by atoms with E-state index in [0.29, 0.717) is 16.3 Å². The zero-order chi connectivity index (χ0) is 9.36. The molecule has 1 aliphatic carbocycles. The van der Waals surface area contributed by atoms with Gasteiger partial charge in [0.2, 0.25) is 0 Å². The van der Waals surface area contributed by atoms with E-state index < -0.39 is 0 Å². The van der Waals surface area contributed by atoms with Gasteiger partial charge in [0.1, 0.15) is 0 Å². The molecule has 0 radical (unpaired) electrons. The second kappa shape index (κ2) is 6.76. The van der Waals surface area contributed by atoms with Crippen LogP contribution in [0.2, 0.25) is 5.64 Å². The van der Waals surface area contributed by atoms with Crippen LogP contribution in [0.3, 0.4) is 0 Å². The zero-order valence-corrected chi connectivity index (χ0v) is 9.25. The number of allylic oxidation sites excluding steroid dienone is 4. The van der Waals surface area contributed by atoms with Crippen LogP contribution < -0.4 is 0 Å². The van der Waals surface area contributed by atoms with Crippen molar-refractivity contribution in [2.45, 2.75) is 12.1 Å². The Balaban J connectivity index is 0.000000132. The summed E-state index contributed by atoms with van der Waals surface area (Å²) < 4.78 is 1.65. The van der Waals surface area contributed by atoms with Crippen molar-refractivity contribution in [3.63, 3.8) is 0 Å². The molecular formula is C12H14V. The van der Waals surface area contributed by atoms with E-state index in [4.69, 9.17) is 0 Å². The van der Waals surface area contributed by atoms with Crippen molar-refractivity contribution < 1.29 is 16.3 Å². The number of hydrogen-bond acceptors (Lipinski definition) is 0. The van der Waals surface area contributed by atoms with Gasteiger partial charge in [0.15, 0.2) is 0 Å². The minimum Gasteiger partial charge on any atom is -0.0623 e. The molecule has 0 aromatic heterocycles. The van der Waals surface area contributed by atoms with Gasteiger partial charge in [-0.3, -0.25) is 0 Å². The number of hydrogen-bond donors (Lipinski definition) is 0. The SMILES string of the molecule is [CH3][V][C]1=CC=CC1.c1ccccc1. The number of rotatable bonds is 1. The van der Waals surface area contributed by atoms with Crippen LogP contribution in [0.25, 0.3) is 0 Å². The molecule has 67 valence electrons. The van der Waals surface area contributed by atoms with Gasteiger partial charge in [-0.25, -0.2) is 0 Å². The molecule has 0 aliphatic heterocycles. The Labute approximate surface area is 87.4 Å². The van der Waals surface area contributed by atoms with Gasteiger partial charge >= 0.3 is 50.9 Å². The molecule has 13 heavy (non-hydrogen) atoms. The van der Waals surface area contributed by atoms with Crippen molar-refractivity contribution in [3.05, 3.63) is 58.9 Å². The Kier molecular flexibility index (Phi) is 5.39. The van der Waals surface area contributed by atoms with Gasteiger partial charge in [-0.05, 0) is 0 Å². The standard InChI is InChI=1S/C6H6.C5H5.CH3.V/c1-2-4-6-5-3-1;1-2-4-5-3-1;;/h1-6H;1-3H,4H2;1H3;. The van der Waals surface area contributed by atoms with Crippen LogP contribution in [0.5, 0.6) is 0 Å². The van der Waals surface area contributed by atoms with E-state index in [1.807, 2.05) is 36.4 Å². The normalized spacial score (nSPS) is 12.8. The van der Waals surface area contributed by atoms with Crippen LogP contribution in [0.15, 0.2) is 58.9 Å². The predicted molar refractivity (Wildman–Crippen MR) is 54.1 cm³/mol. The van der Waals surface area contributed by atoms with E-state index in [1.54, 1.807) is 4.28 Å². The zero-order valence-electron chi connectivity index (χ0n) is 7.85. The average molecular weight is 209 g/mol. The maximum Gasteiger partial charge on any atom is -0.0623 e. The molecule has 0 saturated carbocycles. The summed E-state index contributed by atoms with van der Waals surface area (Å²) in [5, 5.41) is 0. The molecule has 0 heterocycles. The Morgan fingerprint density at radius 2 is 1.54 bits per heavy atom. The Morgan fingerprint density at radius 1 is 1.00 bits per heavy atom. The summed E-state index contributed by atoms with van der Waals surface area (Å²) in [5.74, 6) is 0. The molecule has 0 saturated heterocycles. The van der Waals surface area contributed by atoms with Crippen LogP contribution in [-0.2, 0) is 16.3 Å². The third-order valence-corrected chi connectivity index (χ3v) is 3.12. The Hall–Kier alpha value is -0.716. The third-order valence-electron chi connectivity index (χ3n) is 1.71. The smallest absolute Gasteiger partial charge is 0.0623 e. The summed E-state index contributed by atoms with van der Waals surface area (Å²) in [6, 6.07) is 12.0. The van der Waals surface area contributed by atoms with Gasteiger partial charge in [-0.1, -0.05) is 36.4 Å². The fourth-order valence-electron chi connectivity index (χ4n) is 0.987. The molecule has 1 aromatic rings. The average Bonchev–Trinajstić information content (AvgIpc) is 2.74. The minimum absolute atomic E-state index is 0.523. The van der Waals surface area contributed by atoms with E-state index >= 15 is 0 Å². The van der Waals surface area contributed by atoms with E-state index in [1.165, 1.54) is 6.42 Å². The van der Waals surface area contributed by atoms with Gasteiger partial charge in [0.25, 0.3) is 0 Å². The van der Waals surface area contributed by atoms with Gasteiger partial charge in [0, 0.05) is 0 Å². The van der Waals surface area contributed by atoms with Crippen molar-refractivity contribution in [1.29, 1.82) is 0 Å². The Bertz CT molecular complexity index is 246. The predicted octanol–water partition coefficient (Wildman–Crippen LogP) is 3.65. The summed E-state index contributed by atoms with van der Waals surface area (Å²) in [6.45, 7) is 0. The van der Waals surface area contributed by atoms with Gasteiger partial charge in [-0.15, -0.1) is 0 Å². The third kappa shape index (κ3) is 4.77. The fraction of sp³-hybridized carbons (Fsp3) is 0.167. The first-order valence-corrected chi connectivity index (χ1v) is 6.48. The molecule has 0 amide bonds. The van der Waals surface area contributed by atoms with Crippen LogP contribution in [0.1, 0.15) is 6.42 Å². The maximum absolute atomic E-state index is 2.29. The minimum atomic E-state index is 0.523. The molecular weight excluding hydrogens is 195 g/mol. The first-order valence-electron chi connectivity index (χ1n) is 4.39. The molecule has 1 aromatic carbocycles. The molecule has 0 fully saturated rings. The first kappa shape index (κ1) is 10.4. The topological polar surface area (TPSA) is 0 Å². The van der Waals surface area contributed by atoms with Crippen molar-refractivity contribution in [2.75, 3.05) is 0 Å². The summed E-state index contributed by atoms with van der Waals surface area (Å²) in [5.41, 5.74) is 2.29. The molecule has 1 aliphatic rings. The summed E-state index contributed by atoms with van der Waals surface area (Å²) in [7, 11) is 0. The second-order valence-electron chi connectivity index (χ2n) is 2.67. The van der Waals surface area contributed by atoms with Gasteiger partial charge in [-0.2, -0.15) is 0 Å². The first-order chi connectivity index (χ1) is 6.43. The van der Waals surface area contributed by atoms with Crippen molar-refractivity contribution in [3.8, 4) is 0 Å². The monoisotopic (exact) mass is 209 g/mol. The van der Waals surface area contributed by atoms with Crippen molar-refractivity contribution in [2.24, 2.45) is 0 Å². The molecule has 0 spiro atoms. The maximum atomic E-state index is 2.29. The molecule has 0 unspecified atom stereocenters. The quantitative estimate of drug-likeness (QED) is 0.662. The van der Waals surface area contributed by atoms with Gasteiger partial charge in [0.05, 0.1) is 0 Å². The molecule has 1 heteroatoms. The van der Waals surface area contributed by atoms with Crippen LogP contribution in [-0.4, -0.2) is 0 Å². The molecule has 2 rings (SSSR count). The van der Waals surface area contributed by atoms with Crippen LogP contribution in [0.4, 0.5) is 0 Å². The van der Waals surface area contributed by atoms with Crippen molar-refractivity contribution >= 4 is 0 Å². The second-order valence-corrected chi connectivity index (χ2v) is 4.26. The summed E-state index contributed by atoms with van der Waals surface area (Å²) in [4.78, 5) is 0. The number of benzene rings is 1. The van der Waals surface area contributed by atoms with E-state index in [-0.39, 0.29) is 0 Å². The van der Waals surface area contributed by atoms with E-state index in [0.717, 1.165) is 0 Å².